The third kappa shape index (κ3) is 3.77. The van der Waals surface area contributed by atoms with Gasteiger partial charge in [-0.1, -0.05) is 12.1 Å². The Morgan fingerprint density at radius 1 is 1.26 bits per heavy atom. The highest BCUT2D eigenvalue weighted by atomic mass is 16.5. The molecule has 0 radical (unpaired) electrons. The molecule has 102 valence electrons. The summed E-state index contributed by atoms with van der Waals surface area (Å²) in [6.45, 7) is 2.53. The minimum Gasteiger partial charge on any atom is -0.463 e. The Morgan fingerprint density at radius 3 is 2.89 bits per heavy atom. The van der Waals surface area contributed by atoms with Crippen molar-refractivity contribution in [2.45, 2.75) is 0 Å². The summed E-state index contributed by atoms with van der Waals surface area (Å²) in [4.78, 5) is 18.6. The average molecular weight is 263 g/mol. The number of rotatable bonds is 7. The van der Waals surface area contributed by atoms with Crippen molar-refractivity contribution in [2.24, 2.45) is 0 Å². The number of para-hydroxylation sites is 1. The van der Waals surface area contributed by atoms with Crippen LogP contribution >= 0.6 is 0 Å². The molecule has 6 heteroatoms. The summed E-state index contributed by atoms with van der Waals surface area (Å²) >= 11 is 0. The van der Waals surface area contributed by atoms with Crippen molar-refractivity contribution in [3.05, 3.63) is 34.6 Å². The molecular weight excluding hydrogens is 246 g/mol. The van der Waals surface area contributed by atoms with Crippen molar-refractivity contribution >= 4 is 10.9 Å². The molecule has 1 aromatic heterocycles. The first kappa shape index (κ1) is 13.5. The van der Waals surface area contributed by atoms with E-state index < -0.39 is 0 Å². The van der Waals surface area contributed by atoms with E-state index in [2.05, 4.69) is 15.3 Å². The summed E-state index contributed by atoms with van der Waals surface area (Å²) in [6, 6.07) is 7.41. The van der Waals surface area contributed by atoms with Crippen molar-refractivity contribution in [1.29, 1.82) is 0 Å². The van der Waals surface area contributed by atoms with Crippen molar-refractivity contribution in [3.8, 4) is 6.01 Å². The second-order valence-electron chi connectivity index (χ2n) is 3.98. The summed E-state index contributed by atoms with van der Waals surface area (Å²) in [5, 5.41) is 3.70. The predicted molar refractivity (Wildman–Crippen MR) is 72.6 cm³/mol. The molecule has 19 heavy (non-hydrogen) atoms. The minimum atomic E-state index is -0.187. The molecule has 0 unspecified atom stereocenters. The summed E-state index contributed by atoms with van der Waals surface area (Å²) in [7, 11) is 1.65. The third-order valence-electron chi connectivity index (χ3n) is 2.59. The van der Waals surface area contributed by atoms with E-state index in [0.717, 1.165) is 6.54 Å². The molecule has 0 amide bonds. The molecule has 0 atom stereocenters. The standard InChI is InChI=1S/C13H17N3O3/c1-18-8-6-14-7-9-19-13-15-11-5-3-2-4-10(11)12(17)16-13/h2-5,14H,6-9H2,1H3,(H,15,16,17). The Labute approximate surface area is 110 Å². The number of hydrogen-bond acceptors (Lipinski definition) is 5. The average Bonchev–Trinajstić information content (AvgIpc) is 2.43. The number of fused-ring (bicyclic) bond motifs is 1. The minimum absolute atomic E-state index is 0.187. The van der Waals surface area contributed by atoms with E-state index in [1.165, 1.54) is 0 Å². The number of methoxy groups -OCH3 is 1. The molecule has 0 aliphatic heterocycles. The number of hydrogen-bond donors (Lipinski definition) is 2. The number of nitrogens with one attached hydrogen (secondary N) is 2. The van der Waals surface area contributed by atoms with E-state index in [1.54, 1.807) is 25.3 Å². The van der Waals surface area contributed by atoms with Crippen molar-refractivity contribution in [3.63, 3.8) is 0 Å². The van der Waals surface area contributed by atoms with Crippen LogP contribution in [0.25, 0.3) is 10.9 Å². The summed E-state index contributed by atoms with van der Waals surface area (Å²) in [5.41, 5.74) is 0.446. The molecule has 0 saturated heterocycles. The Morgan fingerprint density at radius 2 is 2.05 bits per heavy atom. The highest BCUT2D eigenvalue weighted by molar-refractivity contribution is 5.77. The molecule has 1 aromatic carbocycles. The molecule has 0 saturated carbocycles. The fourth-order valence-corrected chi connectivity index (χ4v) is 1.65. The summed E-state index contributed by atoms with van der Waals surface area (Å²) in [6.07, 6.45) is 0. The number of aromatic amines is 1. The zero-order valence-corrected chi connectivity index (χ0v) is 10.8. The molecule has 2 rings (SSSR count). The van der Waals surface area contributed by atoms with Gasteiger partial charge in [0.15, 0.2) is 0 Å². The Balaban J connectivity index is 1.92. The maximum absolute atomic E-state index is 11.8. The van der Waals surface area contributed by atoms with Gasteiger partial charge in [0.05, 0.1) is 17.5 Å². The first-order valence-corrected chi connectivity index (χ1v) is 6.13. The Hall–Kier alpha value is -1.92. The lowest BCUT2D eigenvalue weighted by Crippen LogP contribution is -2.25. The van der Waals surface area contributed by atoms with Gasteiger partial charge in [0.25, 0.3) is 11.6 Å². The zero-order chi connectivity index (χ0) is 13.5. The molecule has 2 aromatic rings. The van der Waals surface area contributed by atoms with Crippen LogP contribution in [0.4, 0.5) is 0 Å². The highest BCUT2D eigenvalue weighted by Gasteiger charge is 2.03. The van der Waals surface area contributed by atoms with Gasteiger partial charge in [-0.3, -0.25) is 9.78 Å². The molecule has 0 fully saturated rings. The number of H-pyrrole nitrogens is 1. The molecule has 1 heterocycles. The van der Waals surface area contributed by atoms with Crippen LogP contribution < -0.4 is 15.6 Å². The number of aromatic nitrogens is 2. The van der Waals surface area contributed by atoms with Gasteiger partial charge in [0.1, 0.15) is 6.61 Å². The Kier molecular flexibility index (Phi) is 4.88. The third-order valence-corrected chi connectivity index (χ3v) is 2.59. The van der Waals surface area contributed by atoms with E-state index in [1.807, 2.05) is 6.07 Å². The Bertz CT molecular complexity index is 583. The maximum atomic E-state index is 11.8. The van der Waals surface area contributed by atoms with Gasteiger partial charge >= 0.3 is 0 Å². The van der Waals surface area contributed by atoms with Gasteiger partial charge in [-0.25, -0.2) is 0 Å². The molecule has 0 aliphatic carbocycles. The normalized spacial score (nSPS) is 10.8. The lowest BCUT2D eigenvalue weighted by atomic mass is 10.2. The van der Waals surface area contributed by atoms with Gasteiger partial charge in [0, 0.05) is 20.2 Å². The van der Waals surface area contributed by atoms with E-state index in [-0.39, 0.29) is 11.6 Å². The molecular formula is C13H17N3O3. The highest BCUT2D eigenvalue weighted by Crippen LogP contribution is 2.08. The predicted octanol–water partition coefficient (Wildman–Crippen LogP) is 0.538. The quantitative estimate of drug-likeness (QED) is 0.713. The van der Waals surface area contributed by atoms with E-state index in [9.17, 15) is 4.79 Å². The van der Waals surface area contributed by atoms with Gasteiger partial charge in [-0.05, 0) is 12.1 Å². The molecule has 0 spiro atoms. The lowest BCUT2D eigenvalue weighted by Gasteiger charge is -2.06. The second kappa shape index (κ2) is 6.86. The van der Waals surface area contributed by atoms with E-state index >= 15 is 0 Å². The molecule has 0 aliphatic rings. The smallest absolute Gasteiger partial charge is 0.297 e. The lowest BCUT2D eigenvalue weighted by molar-refractivity contribution is 0.196. The number of nitrogens with zero attached hydrogens (tertiary/aromatic N) is 1. The SMILES string of the molecule is COCCNCCOc1nc2ccccc2c(=O)[nH]1. The van der Waals surface area contributed by atoms with Crippen LogP contribution in [0, 0.1) is 0 Å². The van der Waals surface area contributed by atoms with Crippen molar-refractivity contribution in [1.82, 2.24) is 15.3 Å². The van der Waals surface area contributed by atoms with Crippen LogP contribution in [-0.2, 0) is 4.74 Å². The van der Waals surface area contributed by atoms with Gasteiger partial charge < -0.3 is 14.8 Å². The van der Waals surface area contributed by atoms with E-state index in [0.29, 0.717) is 30.7 Å². The van der Waals surface area contributed by atoms with Crippen molar-refractivity contribution in [2.75, 3.05) is 33.4 Å². The fraction of sp³-hybridized carbons (Fsp3) is 0.385. The molecule has 2 N–H and O–H groups in total. The van der Waals surface area contributed by atoms with Crippen molar-refractivity contribution < 1.29 is 9.47 Å². The topological polar surface area (TPSA) is 76.2 Å². The van der Waals surface area contributed by atoms with Crippen LogP contribution in [0.3, 0.4) is 0 Å². The number of benzene rings is 1. The van der Waals surface area contributed by atoms with Crippen LogP contribution in [0.2, 0.25) is 0 Å². The fourth-order valence-electron chi connectivity index (χ4n) is 1.65. The first-order chi connectivity index (χ1) is 9.31. The molecule has 0 bridgehead atoms. The van der Waals surface area contributed by atoms with Gasteiger partial charge in [-0.2, -0.15) is 4.98 Å². The van der Waals surface area contributed by atoms with Gasteiger partial charge in [0.2, 0.25) is 0 Å². The van der Waals surface area contributed by atoms with Crippen LogP contribution in [0.5, 0.6) is 6.01 Å². The first-order valence-electron chi connectivity index (χ1n) is 6.13. The second-order valence-corrected chi connectivity index (χ2v) is 3.98. The molecule has 6 nitrogen and oxygen atoms in total. The summed E-state index contributed by atoms with van der Waals surface area (Å²) in [5.74, 6) is 0. The monoisotopic (exact) mass is 263 g/mol. The number of ether oxygens (including phenoxy) is 2. The maximum Gasteiger partial charge on any atom is 0.297 e. The van der Waals surface area contributed by atoms with E-state index in [4.69, 9.17) is 9.47 Å². The van der Waals surface area contributed by atoms with Crippen LogP contribution in [0.1, 0.15) is 0 Å². The van der Waals surface area contributed by atoms with Gasteiger partial charge in [-0.15, -0.1) is 0 Å². The zero-order valence-electron chi connectivity index (χ0n) is 10.8. The summed E-state index contributed by atoms with van der Waals surface area (Å²) < 4.78 is 10.3. The largest absolute Gasteiger partial charge is 0.463 e. The van der Waals surface area contributed by atoms with Crippen LogP contribution in [-0.4, -0.2) is 43.4 Å². The van der Waals surface area contributed by atoms with Crippen LogP contribution in [0.15, 0.2) is 29.1 Å².